The minimum atomic E-state index is -0.460. The number of furan rings is 1. The van der Waals surface area contributed by atoms with Gasteiger partial charge in [0.2, 0.25) is 0 Å². The molecule has 15 rings (SSSR count). The lowest BCUT2D eigenvalue weighted by Gasteiger charge is -2.25. The van der Waals surface area contributed by atoms with E-state index in [4.69, 9.17) is 14.4 Å². The summed E-state index contributed by atoms with van der Waals surface area (Å²) in [5, 5.41) is 17.8. The number of para-hydroxylation sites is 4. The molecule has 4 heterocycles. The second kappa shape index (κ2) is 14.6. The quantitative estimate of drug-likeness (QED) is 0.187. The maximum absolute atomic E-state index is 7.11. The van der Waals surface area contributed by atoms with Crippen LogP contribution in [0.3, 0.4) is 0 Å². The Balaban J connectivity index is 1.01. The van der Waals surface area contributed by atoms with Crippen molar-refractivity contribution >= 4 is 110 Å². The van der Waals surface area contributed by atoms with Gasteiger partial charge in [0, 0.05) is 43.6 Å². The number of nitrogens with one attached hydrogen (secondary N) is 1. The van der Waals surface area contributed by atoms with Crippen LogP contribution in [0.1, 0.15) is 22.9 Å². The zero-order valence-electron chi connectivity index (χ0n) is 37.1. The minimum absolute atomic E-state index is 0.460. The maximum Gasteiger partial charge on any atom is 0.161 e. The number of fused-ring (bicyclic) bond motifs is 13. The number of hydrogen-bond donors (Lipinski definition) is 1. The van der Waals surface area contributed by atoms with Gasteiger partial charge in [0.05, 0.1) is 38.7 Å². The largest absolute Gasteiger partial charge is 0.455 e. The molecule has 69 heavy (non-hydrogen) atoms. The van der Waals surface area contributed by atoms with Gasteiger partial charge in [-0.15, -0.1) is 0 Å². The summed E-state index contributed by atoms with van der Waals surface area (Å²) in [4.78, 5) is 11.1. The van der Waals surface area contributed by atoms with Gasteiger partial charge < -0.3 is 18.9 Å². The van der Waals surface area contributed by atoms with E-state index in [1.807, 2.05) is 6.07 Å². The number of amidine groups is 2. The Morgan fingerprint density at radius 1 is 0.420 bits per heavy atom. The van der Waals surface area contributed by atoms with Crippen molar-refractivity contribution in [3.63, 3.8) is 0 Å². The van der Waals surface area contributed by atoms with Gasteiger partial charge in [-0.3, -0.25) is 0 Å². The monoisotopic (exact) mass is 881 g/mol. The van der Waals surface area contributed by atoms with Crippen molar-refractivity contribution in [2.45, 2.75) is 6.17 Å². The van der Waals surface area contributed by atoms with Crippen LogP contribution in [0.15, 0.2) is 239 Å². The molecule has 0 fully saturated rings. The van der Waals surface area contributed by atoms with Gasteiger partial charge >= 0.3 is 0 Å². The summed E-state index contributed by atoms with van der Waals surface area (Å²) in [6.45, 7) is 0. The number of aliphatic imine (C=N–C) groups is 2. The Kier molecular flexibility index (Phi) is 8.03. The van der Waals surface area contributed by atoms with Crippen molar-refractivity contribution < 1.29 is 4.42 Å². The fourth-order valence-electron chi connectivity index (χ4n) is 11.2. The Morgan fingerprint density at radius 3 is 1.94 bits per heavy atom. The standard InChI is InChI=1S/C63H39N5O/c1-2-20-44(21-3-1)67-53-27-12-10-23-46(53)47-25-14-26-50(59(47)67)62-64-61(43-30-29-38-15-4-5-17-40(38)35-43)65-63(66-62)51-33-34-54(57-49-24-11-13-28-56(49)69-60(51)57)68-55-37-42-19-7-6-18-41(42)36-52(55)48-32-31-39-16-8-9-22-45(39)58(48)68/h1-37,61H,(H,64,65,66). The zero-order chi connectivity index (χ0) is 45.2. The van der Waals surface area contributed by atoms with Crippen LogP contribution in [-0.4, -0.2) is 20.8 Å². The van der Waals surface area contributed by atoms with Gasteiger partial charge in [-0.1, -0.05) is 164 Å². The van der Waals surface area contributed by atoms with Crippen molar-refractivity contribution in [1.29, 1.82) is 0 Å². The highest BCUT2D eigenvalue weighted by atomic mass is 16.3. The average Bonchev–Trinajstić information content (AvgIpc) is 4.08. The lowest BCUT2D eigenvalue weighted by atomic mass is 10.0. The lowest BCUT2D eigenvalue weighted by molar-refractivity contribution is 0.660. The van der Waals surface area contributed by atoms with Gasteiger partial charge in [0.1, 0.15) is 23.2 Å². The van der Waals surface area contributed by atoms with Gasteiger partial charge in [0.15, 0.2) is 5.84 Å². The maximum atomic E-state index is 7.11. The lowest BCUT2D eigenvalue weighted by Crippen LogP contribution is -2.33. The van der Waals surface area contributed by atoms with Crippen molar-refractivity contribution in [2.24, 2.45) is 9.98 Å². The van der Waals surface area contributed by atoms with E-state index in [0.29, 0.717) is 11.7 Å². The van der Waals surface area contributed by atoms with E-state index in [1.54, 1.807) is 0 Å². The van der Waals surface area contributed by atoms with Gasteiger partial charge in [0.25, 0.3) is 0 Å². The van der Waals surface area contributed by atoms with Crippen LogP contribution < -0.4 is 5.32 Å². The minimum Gasteiger partial charge on any atom is -0.455 e. The number of benzene rings is 11. The van der Waals surface area contributed by atoms with E-state index in [9.17, 15) is 0 Å². The first-order valence-corrected chi connectivity index (χ1v) is 23.5. The summed E-state index contributed by atoms with van der Waals surface area (Å²) in [5.74, 6) is 1.33. The summed E-state index contributed by atoms with van der Waals surface area (Å²) in [5.41, 5.74) is 11.0. The second-order valence-electron chi connectivity index (χ2n) is 18.1. The first kappa shape index (κ1) is 37.9. The molecule has 0 saturated carbocycles. The van der Waals surface area contributed by atoms with Crippen LogP contribution in [0.4, 0.5) is 0 Å². The Morgan fingerprint density at radius 2 is 1.09 bits per heavy atom. The SMILES string of the molecule is c1ccc(-n2c3ccccc3c3cccc(C4=NC(c5ccc6ccccc6c5)NC(c5ccc(-n6c7cc8ccccc8cc7c7ccc8ccccc8c76)c6c5oc5ccccc56)=N4)c32)cc1. The third kappa shape index (κ3) is 5.66. The molecule has 0 saturated heterocycles. The molecule has 1 atom stereocenters. The average molecular weight is 882 g/mol. The molecule has 1 aliphatic rings. The highest BCUT2D eigenvalue weighted by molar-refractivity contribution is 6.26. The van der Waals surface area contributed by atoms with Crippen LogP contribution in [0.5, 0.6) is 0 Å². The molecular formula is C63H39N5O. The predicted molar refractivity (Wildman–Crippen MR) is 287 cm³/mol. The first-order chi connectivity index (χ1) is 34.2. The molecule has 14 aromatic rings. The van der Waals surface area contributed by atoms with Crippen molar-refractivity contribution in [3.05, 3.63) is 241 Å². The smallest absolute Gasteiger partial charge is 0.161 e. The van der Waals surface area contributed by atoms with Crippen molar-refractivity contribution in [3.8, 4) is 11.4 Å². The summed E-state index contributed by atoms with van der Waals surface area (Å²) in [7, 11) is 0. The highest BCUT2D eigenvalue weighted by Crippen LogP contribution is 2.44. The third-order valence-electron chi connectivity index (χ3n) is 14.3. The summed E-state index contributed by atoms with van der Waals surface area (Å²) < 4.78 is 11.9. The summed E-state index contributed by atoms with van der Waals surface area (Å²) in [6.07, 6.45) is -0.460. The third-order valence-corrected chi connectivity index (χ3v) is 14.3. The number of aromatic nitrogens is 2. The molecular weight excluding hydrogens is 843 g/mol. The highest BCUT2D eigenvalue weighted by Gasteiger charge is 2.29. The number of nitrogens with zero attached hydrogens (tertiary/aromatic N) is 4. The normalized spacial score (nSPS) is 14.2. The molecule has 1 N–H and O–H groups in total. The number of rotatable bonds is 5. The van der Waals surface area contributed by atoms with E-state index in [2.05, 4.69) is 233 Å². The molecule has 0 spiro atoms. The van der Waals surface area contributed by atoms with E-state index in [1.165, 1.54) is 48.6 Å². The zero-order valence-corrected chi connectivity index (χ0v) is 37.1. The van der Waals surface area contributed by atoms with Crippen LogP contribution in [0.2, 0.25) is 0 Å². The first-order valence-electron chi connectivity index (χ1n) is 23.5. The molecule has 0 aliphatic carbocycles. The fraction of sp³-hybridized carbons (Fsp3) is 0.0159. The molecule has 0 radical (unpaired) electrons. The molecule has 3 aromatic heterocycles. The summed E-state index contributed by atoms with van der Waals surface area (Å²) in [6, 6.07) is 80.3. The Hall–Kier alpha value is -9.26. The van der Waals surface area contributed by atoms with Crippen LogP contribution in [-0.2, 0) is 0 Å². The molecule has 0 amide bonds. The Labute approximate surface area is 395 Å². The summed E-state index contributed by atoms with van der Waals surface area (Å²) >= 11 is 0. The molecule has 6 heteroatoms. The van der Waals surface area contributed by atoms with Crippen LogP contribution >= 0.6 is 0 Å². The van der Waals surface area contributed by atoms with E-state index in [-0.39, 0.29) is 0 Å². The molecule has 6 nitrogen and oxygen atoms in total. The van der Waals surface area contributed by atoms with Crippen LogP contribution in [0, 0.1) is 0 Å². The number of hydrogen-bond acceptors (Lipinski definition) is 4. The fourth-order valence-corrected chi connectivity index (χ4v) is 11.2. The van der Waals surface area contributed by atoms with Gasteiger partial charge in [-0.25, -0.2) is 9.98 Å². The van der Waals surface area contributed by atoms with Crippen molar-refractivity contribution in [2.75, 3.05) is 0 Å². The Bertz CT molecular complexity index is 4530. The molecule has 1 aliphatic heterocycles. The molecule has 1 unspecified atom stereocenters. The molecule has 11 aromatic carbocycles. The molecule has 322 valence electrons. The van der Waals surface area contributed by atoms with Gasteiger partial charge in [-0.2, -0.15) is 0 Å². The van der Waals surface area contributed by atoms with E-state index >= 15 is 0 Å². The van der Waals surface area contributed by atoms with Gasteiger partial charge in [-0.05, 0) is 93.2 Å². The van der Waals surface area contributed by atoms with E-state index < -0.39 is 6.17 Å². The topological polar surface area (TPSA) is 59.8 Å². The molecule has 0 bridgehead atoms. The second-order valence-corrected chi connectivity index (χ2v) is 18.1. The van der Waals surface area contributed by atoms with E-state index in [0.717, 1.165) is 77.3 Å². The predicted octanol–water partition coefficient (Wildman–Crippen LogP) is 15.7. The van der Waals surface area contributed by atoms with Crippen molar-refractivity contribution in [1.82, 2.24) is 14.5 Å². The van der Waals surface area contributed by atoms with Crippen LogP contribution in [0.25, 0.3) is 109 Å².